The van der Waals surface area contributed by atoms with Crippen molar-refractivity contribution in [1.29, 1.82) is 0 Å². The summed E-state index contributed by atoms with van der Waals surface area (Å²) in [5.74, 6) is 0.673. The molecule has 0 bridgehead atoms. The number of para-hydroxylation sites is 1. The Labute approximate surface area is 128 Å². The molecule has 118 valence electrons. The zero-order valence-electron chi connectivity index (χ0n) is 13.4. The zero-order valence-corrected chi connectivity index (χ0v) is 13.4. The molecule has 0 fully saturated rings. The molecule has 1 aromatic carbocycles. The monoisotopic (exact) mass is 292 g/mol. The second-order valence-corrected chi connectivity index (χ2v) is 5.28. The van der Waals surface area contributed by atoms with Crippen molar-refractivity contribution in [2.24, 2.45) is 0 Å². The van der Waals surface area contributed by atoms with Gasteiger partial charge in [-0.15, -0.1) is 0 Å². The van der Waals surface area contributed by atoms with Gasteiger partial charge in [-0.3, -0.25) is 4.79 Å². The molecule has 3 heteroatoms. The van der Waals surface area contributed by atoms with Gasteiger partial charge in [-0.05, 0) is 25.5 Å². The molecule has 0 heterocycles. The summed E-state index contributed by atoms with van der Waals surface area (Å²) in [5, 5.41) is 0. The molecule has 21 heavy (non-hydrogen) atoms. The highest BCUT2D eigenvalue weighted by Crippen LogP contribution is 2.18. The van der Waals surface area contributed by atoms with E-state index in [1.807, 2.05) is 18.2 Å². The Bertz CT molecular complexity index is 401. The van der Waals surface area contributed by atoms with Gasteiger partial charge < -0.3 is 9.47 Å². The number of ketones is 1. The molecular weight excluding hydrogens is 264 g/mol. The predicted octanol–water partition coefficient (Wildman–Crippen LogP) is 4.65. The van der Waals surface area contributed by atoms with E-state index in [9.17, 15) is 4.79 Å². The van der Waals surface area contributed by atoms with E-state index < -0.39 is 0 Å². The Morgan fingerprint density at radius 1 is 0.952 bits per heavy atom. The third-order valence-corrected chi connectivity index (χ3v) is 3.39. The smallest absolute Gasteiger partial charge is 0.163 e. The third kappa shape index (κ3) is 7.86. The van der Waals surface area contributed by atoms with E-state index in [1.54, 1.807) is 13.0 Å². The highest BCUT2D eigenvalue weighted by molar-refractivity contribution is 5.96. The first-order chi connectivity index (χ1) is 10.3. The molecule has 1 aromatic rings. The van der Waals surface area contributed by atoms with Crippen LogP contribution in [0.15, 0.2) is 24.3 Å². The van der Waals surface area contributed by atoms with Crippen LogP contribution in [0.2, 0.25) is 0 Å². The minimum absolute atomic E-state index is 0.0265. The molecular formula is C18H28O3. The first-order valence-electron chi connectivity index (χ1n) is 8.06. The van der Waals surface area contributed by atoms with Gasteiger partial charge in [-0.1, -0.05) is 51.2 Å². The Morgan fingerprint density at radius 2 is 1.67 bits per heavy atom. The van der Waals surface area contributed by atoms with Gasteiger partial charge in [-0.25, -0.2) is 0 Å². The van der Waals surface area contributed by atoms with Gasteiger partial charge in [0.1, 0.15) is 12.4 Å². The second kappa shape index (κ2) is 11.3. The lowest BCUT2D eigenvalue weighted by Crippen LogP contribution is -2.09. The minimum atomic E-state index is 0.0265. The number of carbonyl (C=O) groups excluding carboxylic acids is 1. The molecule has 0 N–H and O–H groups in total. The van der Waals surface area contributed by atoms with Crippen LogP contribution in [0.25, 0.3) is 0 Å². The number of carbonyl (C=O) groups is 1. The Morgan fingerprint density at radius 3 is 2.43 bits per heavy atom. The fourth-order valence-electron chi connectivity index (χ4n) is 2.18. The summed E-state index contributed by atoms with van der Waals surface area (Å²) in [6, 6.07) is 7.33. The topological polar surface area (TPSA) is 35.5 Å². The van der Waals surface area contributed by atoms with Crippen LogP contribution in [0.5, 0.6) is 5.75 Å². The van der Waals surface area contributed by atoms with Gasteiger partial charge in [-0.2, -0.15) is 0 Å². The zero-order chi connectivity index (χ0) is 15.3. The van der Waals surface area contributed by atoms with Crippen LogP contribution in [-0.2, 0) is 4.74 Å². The van der Waals surface area contributed by atoms with Crippen LogP contribution in [0.4, 0.5) is 0 Å². The van der Waals surface area contributed by atoms with Gasteiger partial charge >= 0.3 is 0 Å². The first-order valence-corrected chi connectivity index (χ1v) is 8.06. The fraction of sp³-hybridized carbons (Fsp3) is 0.611. The largest absolute Gasteiger partial charge is 0.490 e. The predicted molar refractivity (Wildman–Crippen MR) is 86.1 cm³/mol. The van der Waals surface area contributed by atoms with Gasteiger partial charge in [0.2, 0.25) is 0 Å². The van der Waals surface area contributed by atoms with E-state index in [1.165, 1.54) is 32.1 Å². The van der Waals surface area contributed by atoms with Gasteiger partial charge in [0.15, 0.2) is 5.78 Å². The lowest BCUT2D eigenvalue weighted by molar-refractivity contribution is 0.0941. The standard InChI is InChI=1S/C18H28O3/c1-3-4-5-6-7-10-13-20-14-15-21-18-12-9-8-11-17(18)16(2)19/h8-9,11-12H,3-7,10,13-15H2,1-2H3. The summed E-state index contributed by atoms with van der Waals surface area (Å²) in [5.41, 5.74) is 0.633. The molecule has 0 aliphatic rings. The average molecular weight is 292 g/mol. The molecule has 3 nitrogen and oxygen atoms in total. The van der Waals surface area contributed by atoms with Gasteiger partial charge in [0.25, 0.3) is 0 Å². The summed E-state index contributed by atoms with van der Waals surface area (Å²) in [6.45, 7) is 5.63. The molecule has 0 atom stereocenters. The highest BCUT2D eigenvalue weighted by atomic mass is 16.5. The van der Waals surface area contributed by atoms with Gasteiger partial charge in [0.05, 0.1) is 12.2 Å². The number of hydrogen-bond donors (Lipinski definition) is 0. The summed E-state index contributed by atoms with van der Waals surface area (Å²) >= 11 is 0. The summed E-state index contributed by atoms with van der Waals surface area (Å²) in [4.78, 5) is 11.4. The Balaban J connectivity index is 2.06. The van der Waals surface area contributed by atoms with Crippen molar-refractivity contribution < 1.29 is 14.3 Å². The van der Waals surface area contributed by atoms with E-state index in [4.69, 9.17) is 9.47 Å². The number of benzene rings is 1. The molecule has 0 radical (unpaired) electrons. The second-order valence-electron chi connectivity index (χ2n) is 5.28. The SMILES string of the molecule is CCCCCCCCOCCOc1ccccc1C(C)=O. The first kappa shape index (κ1) is 17.7. The minimum Gasteiger partial charge on any atom is -0.490 e. The maximum atomic E-state index is 11.4. The van der Waals surface area contributed by atoms with Crippen molar-refractivity contribution in [2.45, 2.75) is 52.4 Å². The molecule has 0 unspecified atom stereocenters. The number of ether oxygens (including phenoxy) is 2. The van der Waals surface area contributed by atoms with Crippen LogP contribution in [0.3, 0.4) is 0 Å². The molecule has 0 amide bonds. The lowest BCUT2D eigenvalue weighted by atomic mass is 10.1. The quantitative estimate of drug-likeness (QED) is 0.416. The summed E-state index contributed by atoms with van der Waals surface area (Å²) < 4.78 is 11.2. The molecule has 1 rings (SSSR count). The third-order valence-electron chi connectivity index (χ3n) is 3.39. The number of rotatable bonds is 12. The number of hydrogen-bond acceptors (Lipinski definition) is 3. The Hall–Kier alpha value is -1.35. The van der Waals surface area contributed by atoms with Crippen LogP contribution in [0, 0.1) is 0 Å². The van der Waals surface area contributed by atoms with E-state index in [0.717, 1.165) is 13.0 Å². The van der Waals surface area contributed by atoms with E-state index in [2.05, 4.69) is 6.92 Å². The average Bonchev–Trinajstić information content (AvgIpc) is 2.49. The number of unbranched alkanes of at least 4 members (excludes halogenated alkanes) is 5. The van der Waals surface area contributed by atoms with Crippen LogP contribution < -0.4 is 4.74 Å². The molecule has 0 aliphatic heterocycles. The highest BCUT2D eigenvalue weighted by Gasteiger charge is 2.06. The Kier molecular flexibility index (Phi) is 9.55. The van der Waals surface area contributed by atoms with Crippen LogP contribution in [-0.4, -0.2) is 25.6 Å². The summed E-state index contributed by atoms with van der Waals surface area (Å²) in [7, 11) is 0. The van der Waals surface area contributed by atoms with Crippen molar-refractivity contribution in [2.75, 3.05) is 19.8 Å². The van der Waals surface area contributed by atoms with E-state index >= 15 is 0 Å². The van der Waals surface area contributed by atoms with E-state index in [0.29, 0.717) is 24.5 Å². The molecule has 0 spiro atoms. The molecule has 0 aliphatic carbocycles. The normalized spacial score (nSPS) is 10.6. The van der Waals surface area contributed by atoms with Crippen molar-refractivity contribution in [3.63, 3.8) is 0 Å². The van der Waals surface area contributed by atoms with Crippen molar-refractivity contribution in [3.05, 3.63) is 29.8 Å². The molecule has 0 saturated heterocycles. The van der Waals surface area contributed by atoms with Crippen LogP contribution in [0.1, 0.15) is 62.7 Å². The van der Waals surface area contributed by atoms with Gasteiger partial charge in [0, 0.05) is 6.61 Å². The maximum Gasteiger partial charge on any atom is 0.163 e. The molecule has 0 aromatic heterocycles. The summed E-state index contributed by atoms with van der Waals surface area (Å²) in [6.07, 6.45) is 7.63. The van der Waals surface area contributed by atoms with Crippen LogP contribution >= 0.6 is 0 Å². The lowest BCUT2D eigenvalue weighted by Gasteiger charge is -2.10. The van der Waals surface area contributed by atoms with Crippen molar-refractivity contribution in [1.82, 2.24) is 0 Å². The van der Waals surface area contributed by atoms with E-state index in [-0.39, 0.29) is 5.78 Å². The number of Topliss-reactive ketones (excluding diaryl/α,β-unsaturated/α-hetero) is 1. The fourth-order valence-corrected chi connectivity index (χ4v) is 2.18. The van der Waals surface area contributed by atoms with Crippen molar-refractivity contribution >= 4 is 5.78 Å². The molecule has 0 saturated carbocycles. The van der Waals surface area contributed by atoms with Crippen molar-refractivity contribution in [3.8, 4) is 5.75 Å². The maximum absolute atomic E-state index is 11.4.